The normalized spacial score (nSPS) is 25.4. The van der Waals surface area contributed by atoms with Gasteiger partial charge in [-0.3, -0.25) is 9.59 Å². The first-order valence-electron chi connectivity index (χ1n) is 7.07. The molecule has 0 saturated carbocycles. The lowest BCUT2D eigenvalue weighted by Crippen LogP contribution is -2.55. The zero-order valence-corrected chi connectivity index (χ0v) is 12.1. The molecule has 3 rings (SSSR count). The number of rotatable bonds is 1. The van der Waals surface area contributed by atoms with Crippen LogP contribution in [0.3, 0.4) is 0 Å². The minimum Gasteiger partial charge on any atom is -0.388 e. The molecule has 1 fully saturated rings. The summed E-state index contributed by atoms with van der Waals surface area (Å²) in [4.78, 5) is 32.6. The predicted octanol–water partition coefficient (Wildman–Crippen LogP) is -0.119. The highest BCUT2D eigenvalue weighted by Crippen LogP contribution is 2.22. The van der Waals surface area contributed by atoms with E-state index in [0.717, 1.165) is 0 Å². The standard InChI is InChI=1S/C15H17N3O4/c1-15(22)6-7-18(8-11(15)19)14(21)12-13(20)17-10-5-3-2-4-9(10)16-12/h2-5,11,19,22H,6-8H2,1H3,(H,17,20)/t11-,15+/m0/s1. The molecule has 0 unspecified atom stereocenters. The van der Waals surface area contributed by atoms with Crippen molar-refractivity contribution < 1.29 is 15.0 Å². The summed E-state index contributed by atoms with van der Waals surface area (Å²) >= 11 is 0. The van der Waals surface area contributed by atoms with Gasteiger partial charge in [0.25, 0.3) is 11.5 Å². The number of hydrogen-bond acceptors (Lipinski definition) is 5. The van der Waals surface area contributed by atoms with Gasteiger partial charge in [-0.1, -0.05) is 12.1 Å². The van der Waals surface area contributed by atoms with Crippen molar-refractivity contribution in [2.45, 2.75) is 25.0 Å². The zero-order valence-electron chi connectivity index (χ0n) is 12.1. The average Bonchev–Trinajstić information content (AvgIpc) is 2.48. The maximum atomic E-state index is 12.5. The molecule has 22 heavy (non-hydrogen) atoms. The highest BCUT2D eigenvalue weighted by Gasteiger charge is 2.38. The maximum Gasteiger partial charge on any atom is 0.280 e. The minimum atomic E-state index is -1.22. The van der Waals surface area contributed by atoms with E-state index >= 15 is 0 Å². The van der Waals surface area contributed by atoms with E-state index in [1.54, 1.807) is 24.3 Å². The highest BCUT2D eigenvalue weighted by atomic mass is 16.3. The first kappa shape index (κ1) is 14.7. The molecule has 0 spiro atoms. The second-order valence-corrected chi connectivity index (χ2v) is 5.81. The van der Waals surface area contributed by atoms with E-state index in [0.29, 0.717) is 11.0 Å². The lowest BCUT2D eigenvalue weighted by atomic mass is 9.90. The van der Waals surface area contributed by atoms with E-state index in [1.165, 1.54) is 11.8 Å². The van der Waals surface area contributed by atoms with Gasteiger partial charge < -0.3 is 20.1 Å². The zero-order chi connectivity index (χ0) is 15.9. The van der Waals surface area contributed by atoms with Gasteiger partial charge in [-0.2, -0.15) is 0 Å². The van der Waals surface area contributed by atoms with Crippen LogP contribution in [0.4, 0.5) is 0 Å². The molecule has 0 bridgehead atoms. The summed E-state index contributed by atoms with van der Waals surface area (Å²) in [5.74, 6) is -0.540. The first-order valence-corrected chi connectivity index (χ1v) is 7.07. The Morgan fingerprint density at radius 2 is 2.18 bits per heavy atom. The van der Waals surface area contributed by atoms with E-state index in [9.17, 15) is 19.8 Å². The number of amides is 1. The van der Waals surface area contributed by atoms with Gasteiger partial charge in [-0.05, 0) is 25.5 Å². The second-order valence-electron chi connectivity index (χ2n) is 5.81. The molecule has 116 valence electrons. The third-order valence-electron chi connectivity index (χ3n) is 4.09. The number of hydrogen-bond donors (Lipinski definition) is 3. The van der Waals surface area contributed by atoms with Crippen molar-refractivity contribution in [3.8, 4) is 0 Å². The number of aromatic nitrogens is 2. The minimum absolute atomic E-state index is 0.0280. The number of β-amino-alcohol motifs (C(OH)–C–C–N with tert-alkyl or cyclic N) is 1. The molecule has 1 aliphatic heterocycles. The van der Waals surface area contributed by atoms with Gasteiger partial charge in [-0.25, -0.2) is 4.98 Å². The van der Waals surface area contributed by atoms with Crippen LogP contribution in [-0.4, -0.2) is 55.8 Å². The fourth-order valence-electron chi connectivity index (χ4n) is 2.53. The van der Waals surface area contributed by atoms with E-state index in [-0.39, 0.29) is 25.2 Å². The van der Waals surface area contributed by atoms with Crippen LogP contribution in [0.5, 0.6) is 0 Å². The Balaban J connectivity index is 1.93. The Morgan fingerprint density at radius 1 is 1.45 bits per heavy atom. The molecule has 2 atom stereocenters. The number of nitrogens with zero attached hydrogens (tertiary/aromatic N) is 2. The first-order chi connectivity index (χ1) is 10.4. The van der Waals surface area contributed by atoms with Crippen LogP contribution in [0, 0.1) is 0 Å². The summed E-state index contributed by atoms with van der Waals surface area (Å²) in [6.07, 6.45) is -0.810. The van der Waals surface area contributed by atoms with Crippen molar-refractivity contribution in [2.75, 3.05) is 13.1 Å². The maximum absolute atomic E-state index is 12.5. The number of piperidine rings is 1. The summed E-state index contributed by atoms with van der Waals surface area (Å²) in [6.45, 7) is 1.76. The quantitative estimate of drug-likeness (QED) is 0.681. The number of carbonyl (C=O) groups excluding carboxylic acids is 1. The molecule has 0 radical (unpaired) electrons. The number of aliphatic hydroxyl groups excluding tert-OH is 1. The predicted molar refractivity (Wildman–Crippen MR) is 79.5 cm³/mol. The molecule has 3 N–H and O–H groups in total. The third kappa shape index (κ3) is 2.49. The number of fused-ring (bicyclic) bond motifs is 1. The SMILES string of the molecule is C[C@@]1(O)CCN(C(=O)c2nc3ccccc3[nH]c2=O)C[C@@H]1O. The topological polar surface area (TPSA) is 107 Å². The van der Waals surface area contributed by atoms with Crippen molar-refractivity contribution in [2.24, 2.45) is 0 Å². The molecule has 7 nitrogen and oxygen atoms in total. The molecule has 2 heterocycles. The Labute approximate surface area is 126 Å². The van der Waals surface area contributed by atoms with Gasteiger partial charge in [0.15, 0.2) is 5.69 Å². The Bertz CT molecular complexity index is 784. The van der Waals surface area contributed by atoms with E-state index < -0.39 is 23.2 Å². The van der Waals surface area contributed by atoms with Crippen molar-refractivity contribution in [3.05, 3.63) is 40.3 Å². The molecule has 1 amide bonds. The summed E-state index contributed by atoms with van der Waals surface area (Å²) in [7, 11) is 0. The molecule has 1 aromatic heterocycles. The van der Waals surface area contributed by atoms with Crippen LogP contribution in [0.25, 0.3) is 11.0 Å². The fraction of sp³-hybridized carbons (Fsp3) is 0.400. The molecule has 7 heteroatoms. The molecular weight excluding hydrogens is 286 g/mol. The van der Waals surface area contributed by atoms with Gasteiger partial charge in [-0.15, -0.1) is 0 Å². The van der Waals surface area contributed by atoms with Crippen molar-refractivity contribution >= 4 is 16.9 Å². The van der Waals surface area contributed by atoms with Gasteiger partial charge in [0.05, 0.1) is 22.7 Å². The summed E-state index contributed by atoms with van der Waals surface area (Å²) < 4.78 is 0. The number of aromatic amines is 1. The molecule has 1 aromatic carbocycles. The lowest BCUT2D eigenvalue weighted by molar-refractivity contribution is -0.1000. The summed E-state index contributed by atoms with van der Waals surface area (Å²) in [6, 6.07) is 6.95. The van der Waals surface area contributed by atoms with Gasteiger partial charge >= 0.3 is 0 Å². The largest absolute Gasteiger partial charge is 0.388 e. The lowest BCUT2D eigenvalue weighted by Gasteiger charge is -2.39. The van der Waals surface area contributed by atoms with Crippen LogP contribution in [-0.2, 0) is 0 Å². The van der Waals surface area contributed by atoms with Crippen molar-refractivity contribution in [1.29, 1.82) is 0 Å². The number of benzene rings is 1. The highest BCUT2D eigenvalue weighted by molar-refractivity contribution is 5.93. The van der Waals surface area contributed by atoms with Gasteiger partial charge in [0.2, 0.25) is 0 Å². The van der Waals surface area contributed by atoms with Crippen molar-refractivity contribution in [1.82, 2.24) is 14.9 Å². The van der Waals surface area contributed by atoms with Gasteiger partial charge in [0, 0.05) is 13.1 Å². The Morgan fingerprint density at radius 3 is 2.91 bits per heavy atom. The molecular formula is C15H17N3O4. The Kier molecular flexibility index (Phi) is 3.46. The number of para-hydroxylation sites is 2. The second kappa shape index (κ2) is 5.19. The molecule has 0 aliphatic carbocycles. The van der Waals surface area contributed by atoms with Crippen LogP contribution < -0.4 is 5.56 Å². The molecule has 1 aliphatic rings. The average molecular weight is 303 g/mol. The number of H-pyrrole nitrogens is 1. The number of likely N-dealkylation sites (tertiary alicyclic amines) is 1. The summed E-state index contributed by atoms with van der Waals surface area (Å²) in [5.41, 5.74) is -0.899. The monoisotopic (exact) mass is 303 g/mol. The van der Waals surface area contributed by atoms with E-state index in [4.69, 9.17) is 0 Å². The van der Waals surface area contributed by atoms with Crippen LogP contribution in [0.15, 0.2) is 29.1 Å². The number of nitrogens with one attached hydrogen (secondary N) is 1. The van der Waals surface area contributed by atoms with Crippen molar-refractivity contribution in [3.63, 3.8) is 0 Å². The Hall–Kier alpha value is -2.25. The van der Waals surface area contributed by atoms with Crippen LogP contribution >= 0.6 is 0 Å². The molecule has 1 saturated heterocycles. The fourth-order valence-corrected chi connectivity index (χ4v) is 2.53. The number of carbonyl (C=O) groups is 1. The smallest absolute Gasteiger partial charge is 0.280 e. The summed E-state index contributed by atoms with van der Waals surface area (Å²) in [5, 5.41) is 19.8. The third-order valence-corrected chi connectivity index (χ3v) is 4.09. The molecule has 2 aromatic rings. The number of aliphatic hydroxyl groups is 2. The van der Waals surface area contributed by atoms with E-state index in [2.05, 4.69) is 9.97 Å². The van der Waals surface area contributed by atoms with Crippen LogP contribution in [0.1, 0.15) is 23.8 Å². The van der Waals surface area contributed by atoms with E-state index in [1.807, 2.05) is 0 Å². The van der Waals surface area contributed by atoms with Gasteiger partial charge in [0.1, 0.15) is 0 Å². The van der Waals surface area contributed by atoms with Crippen LogP contribution in [0.2, 0.25) is 0 Å².